The second-order valence-corrected chi connectivity index (χ2v) is 5.48. The topological polar surface area (TPSA) is 40.5 Å². The first-order valence-corrected chi connectivity index (χ1v) is 6.04. The highest BCUT2D eigenvalue weighted by atomic mass is 127. The third-order valence-corrected chi connectivity index (χ3v) is 4.13. The quantitative estimate of drug-likeness (QED) is 0.618. The van der Waals surface area contributed by atoms with Crippen molar-refractivity contribution >= 4 is 56.6 Å². The van der Waals surface area contributed by atoms with E-state index in [1.165, 1.54) is 0 Å². The third-order valence-electron chi connectivity index (χ3n) is 2.15. The van der Waals surface area contributed by atoms with E-state index in [4.69, 9.17) is 0 Å². The Labute approximate surface area is 99.9 Å². The molecule has 2 nitrogen and oxygen atoms in total. The molecular weight excluding hydrogens is 310 g/mol. The molecule has 5 heteroatoms. The Kier molecular flexibility index (Phi) is 2.83. The Morgan fingerprint density at radius 3 is 2.71 bits per heavy atom. The maximum absolute atomic E-state index is 9.27. The van der Waals surface area contributed by atoms with Crippen molar-refractivity contribution in [2.75, 3.05) is 0 Å². The van der Waals surface area contributed by atoms with Crippen LogP contribution in [0, 0.1) is 10.5 Å². The monoisotopic (exact) mass is 318 g/mol. The molecule has 2 N–H and O–H groups in total. The molecule has 0 unspecified atom stereocenters. The molecule has 0 aliphatic rings. The van der Waals surface area contributed by atoms with Crippen molar-refractivity contribution in [1.82, 2.24) is 0 Å². The van der Waals surface area contributed by atoms with E-state index >= 15 is 0 Å². The molecule has 0 amide bonds. The molecule has 0 aliphatic heterocycles. The molecule has 1 aromatic heterocycles. The van der Waals surface area contributed by atoms with E-state index in [2.05, 4.69) is 22.6 Å². The number of benzene rings is 1. The molecule has 0 radical (unpaired) electrons. The molecule has 0 spiro atoms. The summed E-state index contributed by atoms with van der Waals surface area (Å²) >= 11 is 3.81. The number of thiophene rings is 1. The lowest BCUT2D eigenvalue weighted by molar-refractivity contribution is 0.426. The summed E-state index contributed by atoms with van der Waals surface area (Å²) in [5, 5.41) is 19.5. The zero-order chi connectivity index (χ0) is 10.3. The molecule has 0 fully saturated rings. The smallest absolute Gasteiger partial charge is 0.423 e. The minimum atomic E-state index is -1.38. The highest BCUT2D eigenvalue weighted by molar-refractivity contribution is 14.1. The number of hydrogen-bond acceptors (Lipinski definition) is 3. The van der Waals surface area contributed by atoms with Gasteiger partial charge in [0.25, 0.3) is 0 Å². The van der Waals surface area contributed by atoms with Crippen molar-refractivity contribution in [2.24, 2.45) is 0 Å². The standard InChI is InChI=1S/C9H8BIO2S/c1-5-9(10(12)13)8-6(11)3-2-4-7(8)14-5/h2-4,12-13H,1H3. The zero-order valence-corrected chi connectivity index (χ0v) is 10.5. The van der Waals surface area contributed by atoms with Gasteiger partial charge in [0.1, 0.15) is 0 Å². The van der Waals surface area contributed by atoms with E-state index in [1.807, 2.05) is 25.1 Å². The van der Waals surface area contributed by atoms with Crippen molar-refractivity contribution in [1.29, 1.82) is 0 Å². The van der Waals surface area contributed by atoms with Crippen LogP contribution in [0.5, 0.6) is 0 Å². The Morgan fingerprint density at radius 1 is 1.36 bits per heavy atom. The van der Waals surface area contributed by atoms with Crippen molar-refractivity contribution < 1.29 is 10.0 Å². The fourth-order valence-corrected chi connectivity index (χ4v) is 3.65. The lowest BCUT2D eigenvalue weighted by Crippen LogP contribution is -2.31. The minimum absolute atomic E-state index is 0.648. The van der Waals surface area contributed by atoms with E-state index in [1.54, 1.807) is 11.3 Å². The maximum Gasteiger partial charge on any atom is 0.490 e. The first-order chi connectivity index (χ1) is 6.61. The number of hydrogen-bond donors (Lipinski definition) is 2. The molecule has 2 rings (SSSR count). The van der Waals surface area contributed by atoms with Gasteiger partial charge in [0.15, 0.2) is 0 Å². The molecule has 0 aliphatic carbocycles. The van der Waals surface area contributed by atoms with Crippen LogP contribution in [0.1, 0.15) is 4.88 Å². The summed E-state index contributed by atoms with van der Waals surface area (Å²) in [5.41, 5.74) is 0.648. The summed E-state index contributed by atoms with van der Waals surface area (Å²) in [4.78, 5) is 0.971. The SMILES string of the molecule is Cc1sc2cccc(I)c2c1B(O)O. The zero-order valence-electron chi connectivity index (χ0n) is 7.49. The van der Waals surface area contributed by atoms with Crippen molar-refractivity contribution in [3.8, 4) is 0 Å². The maximum atomic E-state index is 9.27. The van der Waals surface area contributed by atoms with E-state index < -0.39 is 7.12 Å². The fourth-order valence-electron chi connectivity index (χ4n) is 1.56. The summed E-state index contributed by atoms with van der Waals surface area (Å²) in [5.74, 6) is 0. The summed E-state index contributed by atoms with van der Waals surface area (Å²) in [6.07, 6.45) is 0. The van der Waals surface area contributed by atoms with Crippen molar-refractivity contribution in [3.63, 3.8) is 0 Å². The van der Waals surface area contributed by atoms with Gasteiger partial charge in [-0.1, -0.05) is 6.07 Å². The lowest BCUT2D eigenvalue weighted by atomic mass is 9.78. The van der Waals surface area contributed by atoms with Gasteiger partial charge in [-0.25, -0.2) is 0 Å². The van der Waals surface area contributed by atoms with Gasteiger partial charge in [-0.2, -0.15) is 0 Å². The Balaban J connectivity index is 2.86. The third kappa shape index (κ3) is 1.58. The predicted octanol–water partition coefficient (Wildman–Crippen LogP) is 1.49. The van der Waals surface area contributed by atoms with E-state index in [-0.39, 0.29) is 0 Å². The van der Waals surface area contributed by atoms with Crippen LogP contribution >= 0.6 is 33.9 Å². The molecule has 72 valence electrons. The van der Waals surface area contributed by atoms with Crippen molar-refractivity contribution in [3.05, 3.63) is 26.6 Å². The molecular formula is C9H8BIO2S. The average molecular weight is 318 g/mol. The van der Waals surface area contributed by atoms with Crippen LogP contribution in [0.25, 0.3) is 10.1 Å². The molecule has 14 heavy (non-hydrogen) atoms. The Bertz CT molecular complexity index is 481. The van der Waals surface area contributed by atoms with Gasteiger partial charge in [0.05, 0.1) is 0 Å². The highest BCUT2D eigenvalue weighted by Gasteiger charge is 2.21. The van der Waals surface area contributed by atoms with Crippen LogP contribution in [0.15, 0.2) is 18.2 Å². The Morgan fingerprint density at radius 2 is 2.07 bits per heavy atom. The van der Waals surface area contributed by atoms with E-state index in [0.29, 0.717) is 5.46 Å². The second kappa shape index (κ2) is 3.81. The van der Waals surface area contributed by atoms with Crippen LogP contribution in [0.3, 0.4) is 0 Å². The van der Waals surface area contributed by atoms with Gasteiger partial charge in [-0.05, 0) is 41.6 Å². The lowest BCUT2D eigenvalue weighted by Gasteiger charge is -2.00. The number of fused-ring (bicyclic) bond motifs is 1. The van der Waals surface area contributed by atoms with Crippen LogP contribution in [0.2, 0.25) is 0 Å². The largest absolute Gasteiger partial charge is 0.490 e. The van der Waals surface area contributed by atoms with Gasteiger partial charge in [-0.15, -0.1) is 11.3 Å². The van der Waals surface area contributed by atoms with Crippen LogP contribution < -0.4 is 5.46 Å². The second-order valence-electron chi connectivity index (χ2n) is 3.06. The molecule has 0 atom stereocenters. The van der Waals surface area contributed by atoms with Gasteiger partial charge in [-0.3, -0.25) is 0 Å². The number of halogens is 1. The molecule has 0 saturated heterocycles. The van der Waals surface area contributed by atoms with Crippen LogP contribution in [-0.2, 0) is 0 Å². The van der Waals surface area contributed by atoms with E-state index in [9.17, 15) is 10.0 Å². The van der Waals surface area contributed by atoms with Gasteiger partial charge in [0.2, 0.25) is 0 Å². The molecule has 1 heterocycles. The predicted molar refractivity (Wildman–Crippen MR) is 69.1 cm³/mol. The van der Waals surface area contributed by atoms with Crippen LogP contribution in [-0.4, -0.2) is 17.2 Å². The van der Waals surface area contributed by atoms with Crippen molar-refractivity contribution in [2.45, 2.75) is 6.92 Å². The summed E-state index contributed by atoms with van der Waals surface area (Å²) in [7, 11) is -1.38. The normalized spacial score (nSPS) is 10.9. The van der Waals surface area contributed by atoms with Gasteiger partial charge in [0, 0.05) is 24.0 Å². The summed E-state index contributed by atoms with van der Waals surface area (Å²) in [6.45, 7) is 1.91. The number of aryl methyl sites for hydroxylation is 1. The fraction of sp³-hybridized carbons (Fsp3) is 0.111. The molecule has 0 saturated carbocycles. The Hall–Kier alpha value is -0.105. The van der Waals surface area contributed by atoms with Gasteiger partial charge >= 0.3 is 7.12 Å². The van der Waals surface area contributed by atoms with Crippen LogP contribution in [0.4, 0.5) is 0 Å². The first-order valence-electron chi connectivity index (χ1n) is 4.15. The average Bonchev–Trinajstić information content (AvgIpc) is 2.42. The highest BCUT2D eigenvalue weighted by Crippen LogP contribution is 2.27. The number of rotatable bonds is 1. The first kappa shape index (κ1) is 10.4. The molecule has 0 bridgehead atoms. The summed E-state index contributed by atoms with van der Waals surface area (Å²) in [6, 6.07) is 5.95. The minimum Gasteiger partial charge on any atom is -0.423 e. The summed E-state index contributed by atoms with van der Waals surface area (Å²) < 4.78 is 2.17. The van der Waals surface area contributed by atoms with Gasteiger partial charge < -0.3 is 10.0 Å². The molecule has 2 aromatic rings. The molecule has 1 aromatic carbocycles. The van der Waals surface area contributed by atoms with E-state index in [0.717, 1.165) is 18.5 Å².